The van der Waals surface area contributed by atoms with Gasteiger partial charge in [0.1, 0.15) is 0 Å². The maximum atomic E-state index is 13.2. The Balaban J connectivity index is 1.75. The number of benzene rings is 1. The first-order chi connectivity index (χ1) is 10.1. The third-order valence-electron chi connectivity index (χ3n) is 3.99. The summed E-state index contributed by atoms with van der Waals surface area (Å²) in [7, 11) is 0. The monoisotopic (exact) mass is 307 g/mol. The van der Waals surface area contributed by atoms with Gasteiger partial charge in [-0.05, 0) is 48.6 Å². The van der Waals surface area contributed by atoms with Crippen LogP contribution in [-0.4, -0.2) is 23.8 Å². The second kappa shape index (κ2) is 5.66. The minimum absolute atomic E-state index is 0.175. The number of halogens is 2. The van der Waals surface area contributed by atoms with Crippen molar-refractivity contribution in [2.75, 3.05) is 13.1 Å². The van der Waals surface area contributed by atoms with E-state index in [0.717, 1.165) is 25.1 Å². The zero-order chi connectivity index (χ0) is 15.0. The number of carbonyl (C=O) groups is 1. The Morgan fingerprint density at radius 2 is 2.14 bits per heavy atom. The fourth-order valence-electron chi connectivity index (χ4n) is 2.72. The Morgan fingerprint density at radius 1 is 1.33 bits per heavy atom. The molecule has 5 heteroatoms. The molecule has 0 fully saturated rings. The summed E-state index contributed by atoms with van der Waals surface area (Å²) in [6, 6.07) is 5.58. The number of carbonyl (C=O) groups excluding carboxylic acids is 1. The van der Waals surface area contributed by atoms with Crippen LogP contribution in [0.4, 0.5) is 8.78 Å². The van der Waals surface area contributed by atoms with Gasteiger partial charge in [0.05, 0.1) is 6.54 Å². The molecule has 0 saturated heterocycles. The first-order valence-corrected chi connectivity index (χ1v) is 7.73. The predicted molar refractivity (Wildman–Crippen MR) is 78.7 cm³/mol. The lowest BCUT2D eigenvalue weighted by molar-refractivity contribution is 0.0891. The third-order valence-corrected chi connectivity index (χ3v) is 4.99. The molecule has 0 bridgehead atoms. The van der Waals surface area contributed by atoms with Gasteiger partial charge in [-0.3, -0.25) is 9.69 Å². The van der Waals surface area contributed by atoms with Crippen LogP contribution in [0.2, 0.25) is 0 Å². The summed E-state index contributed by atoms with van der Waals surface area (Å²) in [5, 5.41) is 2.07. The summed E-state index contributed by atoms with van der Waals surface area (Å²) in [6.45, 7) is 3.11. The normalized spacial score (nSPS) is 18.5. The van der Waals surface area contributed by atoms with E-state index in [0.29, 0.717) is 0 Å². The van der Waals surface area contributed by atoms with Gasteiger partial charge in [-0.15, -0.1) is 11.3 Å². The summed E-state index contributed by atoms with van der Waals surface area (Å²) in [5.74, 6) is -2.09. The van der Waals surface area contributed by atoms with Gasteiger partial charge in [0.25, 0.3) is 0 Å². The molecular weight excluding hydrogens is 292 g/mol. The molecule has 1 atom stereocenters. The van der Waals surface area contributed by atoms with E-state index >= 15 is 0 Å². The molecule has 1 aliphatic heterocycles. The molecule has 1 unspecified atom stereocenters. The zero-order valence-electron chi connectivity index (χ0n) is 11.6. The molecule has 0 saturated carbocycles. The van der Waals surface area contributed by atoms with Crippen molar-refractivity contribution in [3.8, 4) is 0 Å². The van der Waals surface area contributed by atoms with Crippen molar-refractivity contribution in [3.05, 3.63) is 57.3 Å². The zero-order valence-corrected chi connectivity index (χ0v) is 12.4. The summed E-state index contributed by atoms with van der Waals surface area (Å²) in [5.41, 5.74) is 1.49. The van der Waals surface area contributed by atoms with Gasteiger partial charge < -0.3 is 0 Å². The van der Waals surface area contributed by atoms with E-state index in [1.165, 1.54) is 16.5 Å². The molecule has 1 aliphatic rings. The molecule has 21 heavy (non-hydrogen) atoms. The molecule has 110 valence electrons. The maximum Gasteiger partial charge on any atom is 0.176 e. The standard InChI is InChI=1S/C16H15F2NOS/c1-10-12-5-7-21-16(12)4-6-19(10)9-15(20)11-2-3-13(17)14(18)8-11/h2-3,5,7-8,10H,4,6,9H2,1H3. The molecule has 1 aromatic carbocycles. The van der Waals surface area contributed by atoms with E-state index in [-0.39, 0.29) is 23.9 Å². The van der Waals surface area contributed by atoms with E-state index in [4.69, 9.17) is 0 Å². The minimum Gasteiger partial charge on any atom is -0.293 e. The quantitative estimate of drug-likeness (QED) is 0.803. The highest BCUT2D eigenvalue weighted by atomic mass is 32.1. The van der Waals surface area contributed by atoms with Gasteiger partial charge in [-0.25, -0.2) is 8.78 Å². The Bertz CT molecular complexity index is 683. The molecule has 2 heterocycles. The van der Waals surface area contributed by atoms with Gasteiger partial charge in [0, 0.05) is 23.0 Å². The first kappa shape index (κ1) is 14.4. The Hall–Kier alpha value is -1.59. The average molecular weight is 307 g/mol. The lowest BCUT2D eigenvalue weighted by atomic mass is 10.0. The smallest absolute Gasteiger partial charge is 0.176 e. The lowest BCUT2D eigenvalue weighted by Crippen LogP contribution is -2.37. The van der Waals surface area contributed by atoms with Crippen molar-refractivity contribution in [2.24, 2.45) is 0 Å². The highest BCUT2D eigenvalue weighted by Gasteiger charge is 2.26. The molecule has 0 N–H and O–H groups in total. The summed E-state index contributed by atoms with van der Waals surface area (Å²) >= 11 is 1.75. The number of hydrogen-bond acceptors (Lipinski definition) is 3. The number of thiophene rings is 1. The van der Waals surface area contributed by atoms with Crippen LogP contribution in [0.3, 0.4) is 0 Å². The van der Waals surface area contributed by atoms with E-state index in [9.17, 15) is 13.6 Å². The highest BCUT2D eigenvalue weighted by Crippen LogP contribution is 2.32. The van der Waals surface area contributed by atoms with Crippen molar-refractivity contribution in [3.63, 3.8) is 0 Å². The minimum atomic E-state index is -0.979. The summed E-state index contributed by atoms with van der Waals surface area (Å²) < 4.78 is 26.1. The number of hydrogen-bond donors (Lipinski definition) is 0. The highest BCUT2D eigenvalue weighted by molar-refractivity contribution is 7.10. The number of Topliss-reactive ketones (excluding diaryl/α,β-unsaturated/α-hetero) is 1. The Labute approximate surface area is 126 Å². The molecule has 0 aliphatic carbocycles. The van der Waals surface area contributed by atoms with Crippen LogP contribution in [-0.2, 0) is 6.42 Å². The van der Waals surface area contributed by atoms with Crippen LogP contribution in [0.5, 0.6) is 0 Å². The van der Waals surface area contributed by atoms with Crippen molar-refractivity contribution < 1.29 is 13.6 Å². The van der Waals surface area contributed by atoms with E-state index in [2.05, 4.69) is 23.3 Å². The van der Waals surface area contributed by atoms with Gasteiger partial charge in [-0.2, -0.15) is 0 Å². The summed E-state index contributed by atoms with van der Waals surface area (Å²) in [4.78, 5) is 15.7. The number of fused-ring (bicyclic) bond motifs is 1. The molecular formula is C16H15F2NOS. The van der Waals surface area contributed by atoms with Crippen LogP contribution in [0.1, 0.15) is 33.8 Å². The number of nitrogens with zero attached hydrogens (tertiary/aromatic N) is 1. The van der Waals surface area contributed by atoms with Crippen molar-refractivity contribution in [1.82, 2.24) is 4.90 Å². The summed E-state index contributed by atoms with van der Waals surface area (Å²) in [6.07, 6.45) is 0.933. The molecule has 1 aromatic heterocycles. The lowest BCUT2D eigenvalue weighted by Gasteiger charge is -2.32. The number of ketones is 1. The van der Waals surface area contributed by atoms with Crippen LogP contribution in [0.25, 0.3) is 0 Å². The second-order valence-corrected chi connectivity index (χ2v) is 6.25. The molecule has 3 rings (SSSR count). The first-order valence-electron chi connectivity index (χ1n) is 6.85. The fourth-order valence-corrected chi connectivity index (χ4v) is 3.69. The maximum absolute atomic E-state index is 13.2. The molecule has 0 amide bonds. The van der Waals surface area contributed by atoms with E-state index in [1.807, 2.05) is 0 Å². The van der Waals surface area contributed by atoms with E-state index < -0.39 is 11.6 Å². The van der Waals surface area contributed by atoms with Crippen molar-refractivity contribution in [1.29, 1.82) is 0 Å². The average Bonchev–Trinajstić information content (AvgIpc) is 2.94. The van der Waals surface area contributed by atoms with Crippen LogP contribution in [0.15, 0.2) is 29.6 Å². The van der Waals surface area contributed by atoms with Crippen LogP contribution < -0.4 is 0 Å². The second-order valence-electron chi connectivity index (χ2n) is 5.25. The SMILES string of the molecule is CC1c2ccsc2CCN1CC(=O)c1ccc(F)c(F)c1. The van der Waals surface area contributed by atoms with Crippen LogP contribution in [0, 0.1) is 11.6 Å². The molecule has 0 spiro atoms. The molecule has 0 radical (unpaired) electrons. The third kappa shape index (κ3) is 2.76. The predicted octanol–water partition coefficient (Wildman–Crippen LogP) is 3.83. The van der Waals surface area contributed by atoms with Gasteiger partial charge >= 0.3 is 0 Å². The van der Waals surface area contributed by atoms with Crippen LogP contribution >= 0.6 is 11.3 Å². The Morgan fingerprint density at radius 3 is 2.90 bits per heavy atom. The van der Waals surface area contributed by atoms with Gasteiger partial charge in [0.15, 0.2) is 17.4 Å². The van der Waals surface area contributed by atoms with Crippen molar-refractivity contribution in [2.45, 2.75) is 19.4 Å². The molecule has 2 aromatic rings. The van der Waals surface area contributed by atoms with Gasteiger partial charge in [0.2, 0.25) is 0 Å². The van der Waals surface area contributed by atoms with Gasteiger partial charge in [-0.1, -0.05) is 0 Å². The Kier molecular flexibility index (Phi) is 3.87. The van der Waals surface area contributed by atoms with Crippen molar-refractivity contribution >= 4 is 17.1 Å². The molecule has 2 nitrogen and oxygen atoms in total. The largest absolute Gasteiger partial charge is 0.293 e. The number of rotatable bonds is 3. The fraction of sp³-hybridized carbons (Fsp3) is 0.312. The van der Waals surface area contributed by atoms with E-state index in [1.54, 1.807) is 11.3 Å². The topological polar surface area (TPSA) is 20.3 Å².